The summed E-state index contributed by atoms with van der Waals surface area (Å²) in [6.07, 6.45) is 3.34. The van der Waals surface area contributed by atoms with Gasteiger partial charge in [0.25, 0.3) is 5.91 Å². The molecular weight excluding hydrogens is 322 g/mol. The molecule has 0 bridgehead atoms. The lowest BCUT2D eigenvalue weighted by Crippen LogP contribution is -2.31. The van der Waals surface area contributed by atoms with Gasteiger partial charge in [0.1, 0.15) is 10.4 Å². The number of carbonyl (C=O) groups excluding carboxylic acids is 1. The number of nitrogens with zero attached hydrogens (tertiary/aromatic N) is 3. The van der Waals surface area contributed by atoms with Crippen molar-refractivity contribution in [1.29, 1.82) is 5.26 Å². The molecule has 1 amide bonds. The predicted molar refractivity (Wildman–Crippen MR) is 75.6 cm³/mol. The Labute approximate surface area is 125 Å². The number of hydrogen-bond acceptors (Lipinski definition) is 4. The van der Waals surface area contributed by atoms with Gasteiger partial charge >= 0.3 is 0 Å². The summed E-state index contributed by atoms with van der Waals surface area (Å²) in [5.74, 6) is 0.512. The monoisotopic (exact) mass is 333 g/mol. The van der Waals surface area contributed by atoms with E-state index in [0.717, 1.165) is 0 Å². The third kappa shape index (κ3) is 3.68. The number of halogens is 1. The first-order chi connectivity index (χ1) is 9.70. The Bertz CT molecular complexity index is 602. The highest BCUT2D eigenvalue weighted by molar-refractivity contribution is 9.10. The first-order valence-corrected chi connectivity index (χ1v) is 6.80. The molecule has 0 spiro atoms. The van der Waals surface area contributed by atoms with Crippen LogP contribution in [-0.2, 0) is 6.54 Å². The predicted octanol–water partition coefficient (Wildman–Crippen LogP) is 2.99. The highest BCUT2D eigenvalue weighted by atomic mass is 79.9. The molecule has 2 aromatic rings. The molecule has 6 heteroatoms. The number of nitriles is 1. The van der Waals surface area contributed by atoms with Crippen molar-refractivity contribution in [3.8, 4) is 6.07 Å². The number of hydrogen-bond donors (Lipinski definition) is 0. The molecule has 0 saturated carbocycles. The fraction of sp³-hybridized carbons (Fsp3) is 0.214. The molecule has 2 rings (SSSR count). The minimum atomic E-state index is -0.170. The van der Waals surface area contributed by atoms with Gasteiger partial charge in [-0.3, -0.25) is 4.79 Å². The number of pyridine rings is 1. The van der Waals surface area contributed by atoms with Gasteiger partial charge in [-0.2, -0.15) is 5.26 Å². The van der Waals surface area contributed by atoms with E-state index in [4.69, 9.17) is 9.68 Å². The molecule has 0 aliphatic carbocycles. The Balaban J connectivity index is 2.15. The minimum absolute atomic E-state index is 0.170. The topological polar surface area (TPSA) is 70.1 Å². The smallest absolute Gasteiger partial charge is 0.255 e. The second-order valence-corrected chi connectivity index (χ2v) is 4.90. The van der Waals surface area contributed by atoms with Gasteiger partial charge in [0.2, 0.25) is 0 Å². The average Bonchev–Trinajstić information content (AvgIpc) is 2.96. The molecule has 0 unspecified atom stereocenters. The van der Waals surface area contributed by atoms with Crippen molar-refractivity contribution in [2.75, 3.05) is 6.54 Å². The van der Waals surface area contributed by atoms with Crippen molar-refractivity contribution in [2.24, 2.45) is 0 Å². The van der Waals surface area contributed by atoms with Gasteiger partial charge in [0.05, 0.1) is 30.9 Å². The second kappa shape index (κ2) is 6.87. The summed E-state index contributed by atoms with van der Waals surface area (Å²) in [5.41, 5.74) is 0.484. The molecule has 0 aromatic carbocycles. The van der Waals surface area contributed by atoms with Gasteiger partial charge in [-0.1, -0.05) is 0 Å². The highest BCUT2D eigenvalue weighted by Crippen LogP contribution is 2.12. The van der Waals surface area contributed by atoms with Crippen LogP contribution >= 0.6 is 15.9 Å². The van der Waals surface area contributed by atoms with E-state index >= 15 is 0 Å². The zero-order valence-electron chi connectivity index (χ0n) is 10.6. The third-order valence-electron chi connectivity index (χ3n) is 2.68. The zero-order chi connectivity index (χ0) is 14.4. The van der Waals surface area contributed by atoms with Gasteiger partial charge in [-0.05, 0) is 40.2 Å². The molecule has 0 fully saturated rings. The van der Waals surface area contributed by atoms with Gasteiger partial charge in [0, 0.05) is 12.7 Å². The second-order valence-electron chi connectivity index (χ2n) is 4.08. The molecule has 102 valence electrons. The highest BCUT2D eigenvalue weighted by Gasteiger charge is 2.17. The molecule has 0 radical (unpaired) electrons. The Morgan fingerprint density at radius 3 is 2.90 bits per heavy atom. The Morgan fingerprint density at radius 2 is 2.30 bits per heavy atom. The van der Waals surface area contributed by atoms with E-state index in [1.54, 1.807) is 35.4 Å². The minimum Gasteiger partial charge on any atom is -0.467 e. The maximum atomic E-state index is 12.4. The molecule has 20 heavy (non-hydrogen) atoms. The van der Waals surface area contributed by atoms with Crippen LogP contribution in [-0.4, -0.2) is 22.3 Å². The van der Waals surface area contributed by atoms with Crippen LogP contribution in [0.15, 0.2) is 45.7 Å². The normalized spacial score (nSPS) is 10.0. The lowest BCUT2D eigenvalue weighted by atomic mass is 10.2. The first kappa shape index (κ1) is 14.3. The maximum Gasteiger partial charge on any atom is 0.255 e. The van der Waals surface area contributed by atoms with E-state index in [1.165, 1.54) is 6.20 Å². The van der Waals surface area contributed by atoms with Gasteiger partial charge in [-0.15, -0.1) is 0 Å². The van der Waals surface area contributed by atoms with E-state index in [-0.39, 0.29) is 12.3 Å². The molecule has 0 aliphatic heterocycles. The number of rotatable bonds is 5. The van der Waals surface area contributed by atoms with Crippen LogP contribution in [0.4, 0.5) is 0 Å². The van der Waals surface area contributed by atoms with Crippen LogP contribution in [0.2, 0.25) is 0 Å². The molecular formula is C14H12BrN3O2. The molecule has 0 atom stereocenters. The van der Waals surface area contributed by atoms with Crippen molar-refractivity contribution >= 4 is 21.8 Å². The molecule has 5 nitrogen and oxygen atoms in total. The summed E-state index contributed by atoms with van der Waals surface area (Å²) in [4.78, 5) is 18.0. The number of carbonyl (C=O) groups is 1. The SMILES string of the molecule is N#CCCN(Cc1ccco1)C(=O)c1ccc(Br)nc1. The van der Waals surface area contributed by atoms with Crippen molar-refractivity contribution in [3.63, 3.8) is 0 Å². The molecule has 0 N–H and O–H groups in total. The van der Waals surface area contributed by atoms with Gasteiger partial charge in [0.15, 0.2) is 0 Å². The lowest BCUT2D eigenvalue weighted by molar-refractivity contribution is 0.0735. The van der Waals surface area contributed by atoms with E-state index in [2.05, 4.69) is 20.9 Å². The van der Waals surface area contributed by atoms with Crippen LogP contribution in [0.1, 0.15) is 22.5 Å². The van der Waals surface area contributed by atoms with E-state index in [9.17, 15) is 4.79 Å². The van der Waals surface area contributed by atoms with E-state index in [0.29, 0.717) is 29.0 Å². The summed E-state index contributed by atoms with van der Waals surface area (Å²) < 4.78 is 5.92. The van der Waals surface area contributed by atoms with Crippen LogP contribution < -0.4 is 0 Å². The summed E-state index contributed by atoms with van der Waals surface area (Å²) in [6, 6.07) is 9.02. The zero-order valence-corrected chi connectivity index (χ0v) is 12.2. The van der Waals surface area contributed by atoms with E-state index in [1.807, 2.05) is 6.07 Å². The Hall–Kier alpha value is -2.13. The molecule has 0 saturated heterocycles. The van der Waals surface area contributed by atoms with Crippen LogP contribution in [0.25, 0.3) is 0 Å². The summed E-state index contributed by atoms with van der Waals surface area (Å²) in [6.45, 7) is 0.690. The van der Waals surface area contributed by atoms with E-state index < -0.39 is 0 Å². The van der Waals surface area contributed by atoms with Crippen LogP contribution in [0.3, 0.4) is 0 Å². The van der Waals surface area contributed by atoms with Gasteiger partial charge in [-0.25, -0.2) is 4.98 Å². The van der Waals surface area contributed by atoms with Crippen molar-refractivity contribution in [2.45, 2.75) is 13.0 Å². The number of amides is 1. The molecule has 0 aliphatic rings. The maximum absolute atomic E-state index is 12.4. The van der Waals surface area contributed by atoms with Crippen molar-refractivity contribution in [3.05, 3.63) is 52.7 Å². The summed E-state index contributed by atoms with van der Waals surface area (Å²) in [5, 5.41) is 8.70. The summed E-state index contributed by atoms with van der Waals surface area (Å²) in [7, 11) is 0. The Morgan fingerprint density at radius 1 is 1.45 bits per heavy atom. The fourth-order valence-corrected chi connectivity index (χ4v) is 1.95. The van der Waals surface area contributed by atoms with Crippen molar-refractivity contribution < 1.29 is 9.21 Å². The lowest BCUT2D eigenvalue weighted by Gasteiger charge is -2.20. The van der Waals surface area contributed by atoms with Crippen molar-refractivity contribution in [1.82, 2.24) is 9.88 Å². The van der Waals surface area contributed by atoms with Crippen LogP contribution in [0, 0.1) is 11.3 Å². The molecule has 2 aromatic heterocycles. The first-order valence-electron chi connectivity index (χ1n) is 6.01. The number of aromatic nitrogens is 1. The summed E-state index contributed by atoms with van der Waals surface area (Å²) >= 11 is 3.23. The molecule has 2 heterocycles. The quantitative estimate of drug-likeness (QED) is 0.788. The number of furan rings is 1. The van der Waals surface area contributed by atoms with Gasteiger partial charge < -0.3 is 9.32 Å². The third-order valence-corrected chi connectivity index (χ3v) is 3.15. The standard InChI is InChI=1S/C14H12BrN3O2/c15-13-5-4-11(9-17-13)14(19)18(7-2-6-16)10-12-3-1-8-20-12/h1,3-5,8-9H,2,7,10H2. The largest absolute Gasteiger partial charge is 0.467 e. The Kier molecular flexibility index (Phi) is 4.91. The average molecular weight is 334 g/mol. The fourth-order valence-electron chi connectivity index (χ4n) is 1.71. The van der Waals surface area contributed by atoms with Crippen LogP contribution in [0.5, 0.6) is 0 Å².